The van der Waals surface area contributed by atoms with E-state index in [1.807, 2.05) is 23.5 Å². The third-order valence-electron chi connectivity index (χ3n) is 12.1. The van der Waals surface area contributed by atoms with E-state index in [1.54, 1.807) is 0 Å². The molecule has 0 radical (unpaired) electrons. The van der Waals surface area contributed by atoms with Gasteiger partial charge in [-0.25, -0.2) is 0 Å². The zero-order chi connectivity index (χ0) is 40.3. The van der Waals surface area contributed by atoms with Crippen LogP contribution < -0.4 is 4.90 Å². The molecule has 0 aliphatic carbocycles. The second kappa shape index (κ2) is 14.5. The summed E-state index contributed by atoms with van der Waals surface area (Å²) in [7, 11) is 0. The number of hydrogen-bond donors (Lipinski definition) is 0. The summed E-state index contributed by atoms with van der Waals surface area (Å²) in [4.78, 5) is 2.40. The molecule has 10 aromatic carbocycles. The number of nitrogens with zero attached hydrogens (tertiary/aromatic N) is 1. The number of benzene rings is 10. The first kappa shape index (κ1) is 35.2. The number of anilines is 3. The van der Waals surface area contributed by atoms with Gasteiger partial charge in [-0.05, 0) is 116 Å². The Morgan fingerprint density at radius 3 is 1.77 bits per heavy atom. The van der Waals surface area contributed by atoms with Gasteiger partial charge in [0.1, 0.15) is 11.2 Å². The van der Waals surface area contributed by atoms with E-state index in [0.29, 0.717) is 0 Å². The number of fused-ring (bicyclic) bond motifs is 7. The van der Waals surface area contributed by atoms with Gasteiger partial charge in [-0.3, -0.25) is 0 Å². The van der Waals surface area contributed by atoms with E-state index < -0.39 is 0 Å². The van der Waals surface area contributed by atoms with Crippen molar-refractivity contribution in [2.45, 2.75) is 0 Å². The molecule has 3 heteroatoms. The van der Waals surface area contributed by atoms with Crippen LogP contribution in [-0.4, -0.2) is 0 Å². The van der Waals surface area contributed by atoms with E-state index in [4.69, 9.17) is 4.42 Å². The van der Waals surface area contributed by atoms with E-state index in [1.165, 1.54) is 58.8 Å². The summed E-state index contributed by atoms with van der Waals surface area (Å²) >= 11 is 1.86. The molecule has 2 nitrogen and oxygen atoms in total. The molecule has 0 unspecified atom stereocenters. The summed E-state index contributed by atoms with van der Waals surface area (Å²) in [5.74, 6) is 0. The Balaban J connectivity index is 0.960. The van der Waals surface area contributed by atoms with Gasteiger partial charge in [0.25, 0.3) is 0 Å². The molecule has 286 valence electrons. The SMILES string of the molecule is c1cc(-c2ccc(-c3ccc4ccccc4c3)cc2)cc(N(c2ccc(-c3ccc4c(c3)sc3ccccc34)cc2)c2ccccc2-c2ccc3oc4ccccc4c3c2)c1. The Morgan fingerprint density at radius 2 is 0.918 bits per heavy atom. The molecule has 0 aliphatic heterocycles. The fourth-order valence-electron chi connectivity index (χ4n) is 8.99. The van der Waals surface area contributed by atoms with Gasteiger partial charge in [-0.2, -0.15) is 0 Å². The van der Waals surface area contributed by atoms with E-state index >= 15 is 0 Å². The third-order valence-corrected chi connectivity index (χ3v) is 13.2. The normalized spacial score (nSPS) is 11.6. The van der Waals surface area contributed by atoms with Crippen LogP contribution in [0.2, 0.25) is 0 Å². The first-order chi connectivity index (χ1) is 30.2. The number of rotatable bonds is 7. The monoisotopic (exact) mass is 795 g/mol. The molecule has 12 aromatic rings. The van der Waals surface area contributed by atoms with Crippen LogP contribution in [0.4, 0.5) is 17.1 Å². The molecule has 0 spiro atoms. The predicted molar refractivity (Wildman–Crippen MR) is 261 cm³/mol. The summed E-state index contributed by atoms with van der Waals surface area (Å²) in [6.07, 6.45) is 0. The van der Waals surface area contributed by atoms with Crippen LogP contribution in [0, 0.1) is 0 Å². The lowest BCUT2D eigenvalue weighted by molar-refractivity contribution is 0.669. The smallest absolute Gasteiger partial charge is 0.135 e. The Kier molecular flexibility index (Phi) is 8.39. The van der Waals surface area contributed by atoms with Crippen LogP contribution in [0.15, 0.2) is 229 Å². The van der Waals surface area contributed by atoms with Crippen molar-refractivity contribution in [1.82, 2.24) is 0 Å². The average molecular weight is 796 g/mol. The highest BCUT2D eigenvalue weighted by molar-refractivity contribution is 7.25. The van der Waals surface area contributed by atoms with E-state index in [0.717, 1.165) is 55.7 Å². The standard InChI is InChI=1S/C58H37NOS/c1-2-11-42-34-44(25-24-38(42)10-1)40-22-20-39(21-23-40)43-12-9-13-48(35-43)59(47-30-26-41(27-31-47)45-28-32-52-51-16-5-8-19-57(51)61-58(52)37-45)54-17-6-3-14-49(54)46-29-33-56-53(36-46)50-15-4-7-18-55(50)60-56/h1-37H. The second-order valence-corrected chi connectivity index (χ2v) is 16.8. The lowest BCUT2D eigenvalue weighted by atomic mass is 9.97. The maximum Gasteiger partial charge on any atom is 0.135 e. The molecule has 0 amide bonds. The minimum atomic E-state index is 0.892. The summed E-state index contributed by atoms with van der Waals surface area (Å²) < 4.78 is 8.87. The Hall–Kier alpha value is -7.72. The molecule has 61 heavy (non-hydrogen) atoms. The highest BCUT2D eigenvalue weighted by atomic mass is 32.1. The zero-order valence-corrected chi connectivity index (χ0v) is 33.9. The van der Waals surface area contributed by atoms with E-state index in [9.17, 15) is 0 Å². The van der Waals surface area contributed by atoms with E-state index in [2.05, 4.69) is 217 Å². The van der Waals surface area contributed by atoms with Crippen LogP contribution in [0.5, 0.6) is 0 Å². The number of para-hydroxylation sites is 2. The largest absolute Gasteiger partial charge is 0.456 e. The molecular weight excluding hydrogens is 759 g/mol. The molecule has 2 heterocycles. The summed E-state index contributed by atoms with van der Waals surface area (Å²) in [6, 6.07) is 81.4. The van der Waals surface area contributed by atoms with Gasteiger partial charge in [0.05, 0.1) is 5.69 Å². The lowest BCUT2D eigenvalue weighted by Crippen LogP contribution is -2.11. The maximum atomic E-state index is 6.24. The molecule has 0 aliphatic rings. The molecule has 0 atom stereocenters. The number of furan rings is 1. The molecule has 12 rings (SSSR count). The summed E-state index contributed by atoms with van der Waals surface area (Å²) in [5.41, 5.74) is 14.5. The molecule has 2 aromatic heterocycles. The number of thiophene rings is 1. The van der Waals surface area contributed by atoms with Crippen LogP contribution in [-0.2, 0) is 0 Å². The van der Waals surface area contributed by atoms with Crippen LogP contribution in [0.3, 0.4) is 0 Å². The van der Waals surface area contributed by atoms with E-state index in [-0.39, 0.29) is 0 Å². The lowest BCUT2D eigenvalue weighted by Gasteiger charge is -2.28. The average Bonchev–Trinajstić information content (AvgIpc) is 3.90. The van der Waals surface area contributed by atoms with Crippen LogP contribution in [0.1, 0.15) is 0 Å². The van der Waals surface area contributed by atoms with Gasteiger partial charge in [0, 0.05) is 47.9 Å². The summed E-state index contributed by atoms with van der Waals surface area (Å²) in [6.45, 7) is 0. The van der Waals surface area contributed by atoms with Crippen LogP contribution in [0.25, 0.3) is 97.4 Å². The fourth-order valence-corrected chi connectivity index (χ4v) is 10.1. The van der Waals surface area contributed by atoms with Crippen LogP contribution >= 0.6 is 11.3 Å². The molecule has 0 N–H and O–H groups in total. The Labute approximate surface area is 357 Å². The van der Waals surface area contributed by atoms with Gasteiger partial charge >= 0.3 is 0 Å². The van der Waals surface area contributed by atoms with Crippen molar-refractivity contribution in [3.63, 3.8) is 0 Å². The van der Waals surface area contributed by atoms with Gasteiger partial charge in [-0.1, -0.05) is 158 Å². The molecule has 0 saturated heterocycles. The molecular formula is C58H37NOS. The fraction of sp³-hybridized carbons (Fsp3) is 0. The minimum absolute atomic E-state index is 0.892. The third kappa shape index (κ3) is 6.26. The summed E-state index contributed by atoms with van der Waals surface area (Å²) in [5, 5.41) is 7.38. The quantitative estimate of drug-likeness (QED) is 0.160. The Morgan fingerprint density at radius 1 is 0.311 bits per heavy atom. The van der Waals surface area contributed by atoms with Gasteiger partial charge in [0.15, 0.2) is 0 Å². The van der Waals surface area contributed by atoms with Crippen molar-refractivity contribution in [2.75, 3.05) is 4.90 Å². The van der Waals surface area contributed by atoms with Crippen molar-refractivity contribution in [3.8, 4) is 44.5 Å². The van der Waals surface area contributed by atoms with Gasteiger partial charge < -0.3 is 9.32 Å². The predicted octanol–water partition coefficient (Wildman–Crippen LogP) is 17.2. The van der Waals surface area contributed by atoms with Crippen molar-refractivity contribution in [2.24, 2.45) is 0 Å². The highest BCUT2D eigenvalue weighted by Crippen LogP contribution is 2.44. The van der Waals surface area contributed by atoms with Gasteiger partial charge in [-0.15, -0.1) is 11.3 Å². The molecule has 0 bridgehead atoms. The first-order valence-electron chi connectivity index (χ1n) is 20.7. The second-order valence-electron chi connectivity index (χ2n) is 15.7. The molecule has 0 fully saturated rings. The van der Waals surface area contributed by atoms with Gasteiger partial charge in [0.2, 0.25) is 0 Å². The molecule has 0 saturated carbocycles. The Bertz CT molecular complexity index is 3590. The van der Waals surface area contributed by atoms with Crippen molar-refractivity contribution < 1.29 is 4.42 Å². The first-order valence-corrected chi connectivity index (χ1v) is 21.5. The number of hydrogen-bond acceptors (Lipinski definition) is 3. The highest BCUT2D eigenvalue weighted by Gasteiger charge is 2.19. The topological polar surface area (TPSA) is 16.4 Å². The van der Waals surface area contributed by atoms with Crippen molar-refractivity contribution in [1.29, 1.82) is 0 Å². The zero-order valence-electron chi connectivity index (χ0n) is 33.1. The maximum absolute atomic E-state index is 6.24. The van der Waals surface area contributed by atoms with Crippen molar-refractivity contribution >= 4 is 81.3 Å². The minimum Gasteiger partial charge on any atom is -0.456 e. The van der Waals surface area contributed by atoms with Crippen molar-refractivity contribution in [3.05, 3.63) is 224 Å².